The van der Waals surface area contributed by atoms with Gasteiger partial charge in [-0.15, -0.1) is 0 Å². The highest BCUT2D eigenvalue weighted by Crippen LogP contribution is 2.32. The molecule has 4 rings (SSSR count). The number of aliphatic imine (C=N–C) groups is 1. The van der Waals surface area contributed by atoms with Crippen molar-refractivity contribution in [1.29, 1.82) is 0 Å². The first-order valence-electron chi connectivity index (χ1n) is 10.4. The zero-order valence-corrected chi connectivity index (χ0v) is 17.6. The van der Waals surface area contributed by atoms with Crippen molar-refractivity contribution in [2.24, 2.45) is 4.99 Å². The van der Waals surface area contributed by atoms with Crippen molar-refractivity contribution in [2.75, 3.05) is 27.0 Å². The lowest BCUT2D eigenvalue weighted by molar-refractivity contribution is 0.174. The van der Waals surface area contributed by atoms with E-state index in [2.05, 4.69) is 16.7 Å². The maximum atomic E-state index is 5.46. The van der Waals surface area contributed by atoms with Crippen LogP contribution in [-0.4, -0.2) is 33.0 Å². The van der Waals surface area contributed by atoms with Crippen LogP contribution in [0.3, 0.4) is 0 Å². The molecular weight excluding hydrogens is 394 g/mol. The van der Waals surface area contributed by atoms with Crippen LogP contribution in [0.1, 0.15) is 16.9 Å². The number of rotatable bonds is 9. The van der Waals surface area contributed by atoms with Crippen LogP contribution in [0.5, 0.6) is 17.2 Å². The van der Waals surface area contributed by atoms with Gasteiger partial charge in [0, 0.05) is 19.5 Å². The Morgan fingerprint density at radius 3 is 2.48 bits per heavy atom. The van der Waals surface area contributed by atoms with E-state index in [-0.39, 0.29) is 0 Å². The number of hydrogen-bond acceptors (Lipinski definition) is 5. The predicted octanol–water partition coefficient (Wildman–Crippen LogP) is 3.54. The Morgan fingerprint density at radius 1 is 0.935 bits per heavy atom. The number of methoxy groups -OCH3 is 1. The minimum Gasteiger partial charge on any atom is -0.497 e. The van der Waals surface area contributed by atoms with Gasteiger partial charge in [-0.3, -0.25) is 0 Å². The molecule has 0 unspecified atom stereocenters. The van der Waals surface area contributed by atoms with Crippen LogP contribution in [0.4, 0.5) is 0 Å². The summed E-state index contributed by atoms with van der Waals surface area (Å²) in [6, 6.07) is 17.9. The number of benzene rings is 2. The number of furan rings is 1. The molecule has 0 spiro atoms. The van der Waals surface area contributed by atoms with Crippen LogP contribution in [0.15, 0.2) is 70.3 Å². The van der Waals surface area contributed by atoms with Crippen LogP contribution >= 0.6 is 0 Å². The second kappa shape index (κ2) is 10.4. The predicted molar refractivity (Wildman–Crippen MR) is 119 cm³/mol. The molecule has 0 radical (unpaired) electrons. The monoisotopic (exact) mass is 421 g/mol. The zero-order valence-electron chi connectivity index (χ0n) is 17.6. The normalized spacial score (nSPS) is 12.6. The van der Waals surface area contributed by atoms with E-state index in [9.17, 15) is 0 Å². The molecule has 31 heavy (non-hydrogen) atoms. The largest absolute Gasteiger partial charge is 0.497 e. The Labute approximate surface area is 182 Å². The second-order valence-corrected chi connectivity index (χ2v) is 7.13. The minimum absolute atomic E-state index is 0.290. The summed E-state index contributed by atoms with van der Waals surface area (Å²) >= 11 is 0. The lowest BCUT2D eigenvalue weighted by atomic mass is 10.1. The lowest BCUT2D eigenvalue weighted by Crippen LogP contribution is -2.39. The molecule has 0 atom stereocenters. The maximum absolute atomic E-state index is 5.46. The summed E-state index contributed by atoms with van der Waals surface area (Å²) in [5.74, 6) is 4.16. The molecule has 3 aromatic rings. The third-order valence-electron chi connectivity index (χ3n) is 4.97. The molecule has 2 aromatic carbocycles. The van der Waals surface area contributed by atoms with Gasteiger partial charge in [-0.05, 0) is 53.9 Å². The van der Waals surface area contributed by atoms with Crippen molar-refractivity contribution >= 4 is 5.96 Å². The average Bonchev–Trinajstić information content (AvgIpc) is 3.49. The highest BCUT2D eigenvalue weighted by atomic mass is 16.7. The maximum Gasteiger partial charge on any atom is 0.231 e. The van der Waals surface area contributed by atoms with Crippen LogP contribution in [-0.2, 0) is 19.4 Å². The second-order valence-electron chi connectivity index (χ2n) is 7.13. The van der Waals surface area contributed by atoms with E-state index >= 15 is 0 Å². The molecule has 0 saturated carbocycles. The Hall–Kier alpha value is -3.61. The summed E-state index contributed by atoms with van der Waals surface area (Å²) in [6.45, 7) is 2.34. The van der Waals surface area contributed by atoms with Gasteiger partial charge < -0.3 is 29.3 Å². The minimum atomic E-state index is 0.290. The van der Waals surface area contributed by atoms with Gasteiger partial charge in [-0.25, -0.2) is 4.99 Å². The molecule has 0 saturated heterocycles. The number of hydrogen-bond donors (Lipinski definition) is 2. The Balaban J connectivity index is 1.33. The molecule has 2 heterocycles. The SMILES string of the molecule is COc1ccc(CN=C(NCCc2ccc3c(c2)OCO3)NCCc2ccco2)cc1. The quantitative estimate of drug-likeness (QED) is 0.407. The van der Waals surface area contributed by atoms with Gasteiger partial charge in [0.05, 0.1) is 19.9 Å². The number of fused-ring (bicyclic) bond motifs is 1. The Kier molecular flexibility index (Phi) is 6.95. The van der Waals surface area contributed by atoms with Crippen LogP contribution in [0.2, 0.25) is 0 Å². The van der Waals surface area contributed by atoms with Crippen molar-refractivity contribution in [2.45, 2.75) is 19.4 Å². The van der Waals surface area contributed by atoms with Crippen molar-refractivity contribution in [1.82, 2.24) is 10.6 Å². The lowest BCUT2D eigenvalue weighted by Gasteiger charge is -2.13. The van der Waals surface area contributed by atoms with E-state index < -0.39 is 0 Å². The van der Waals surface area contributed by atoms with E-state index in [1.807, 2.05) is 48.5 Å². The van der Waals surface area contributed by atoms with Crippen molar-refractivity contribution in [3.8, 4) is 17.2 Å². The third kappa shape index (κ3) is 5.94. The molecule has 2 N–H and O–H groups in total. The highest BCUT2D eigenvalue weighted by Gasteiger charge is 2.13. The average molecular weight is 421 g/mol. The fourth-order valence-electron chi connectivity index (χ4n) is 3.26. The van der Waals surface area contributed by atoms with Gasteiger partial charge in [0.25, 0.3) is 0 Å². The summed E-state index contributed by atoms with van der Waals surface area (Å²) in [6.07, 6.45) is 3.33. The van der Waals surface area contributed by atoms with E-state index in [1.165, 1.54) is 5.56 Å². The number of nitrogens with zero attached hydrogens (tertiary/aromatic N) is 1. The van der Waals surface area contributed by atoms with Gasteiger partial charge in [0.2, 0.25) is 6.79 Å². The van der Waals surface area contributed by atoms with Crippen LogP contribution < -0.4 is 24.8 Å². The summed E-state index contributed by atoms with van der Waals surface area (Å²) in [5.41, 5.74) is 2.30. The summed E-state index contributed by atoms with van der Waals surface area (Å²) in [7, 11) is 1.66. The first kappa shape index (κ1) is 20.7. The van der Waals surface area contributed by atoms with Gasteiger partial charge in [0.15, 0.2) is 17.5 Å². The summed E-state index contributed by atoms with van der Waals surface area (Å²) < 4.78 is 21.5. The topological polar surface area (TPSA) is 77.2 Å². The summed E-state index contributed by atoms with van der Waals surface area (Å²) in [5, 5.41) is 6.81. The Bertz CT molecular complexity index is 985. The van der Waals surface area contributed by atoms with E-state index in [4.69, 9.17) is 23.6 Å². The first-order valence-corrected chi connectivity index (χ1v) is 10.4. The summed E-state index contributed by atoms with van der Waals surface area (Å²) in [4.78, 5) is 4.74. The first-order chi connectivity index (χ1) is 15.3. The van der Waals surface area contributed by atoms with Crippen LogP contribution in [0.25, 0.3) is 0 Å². The van der Waals surface area contributed by atoms with Crippen LogP contribution in [0, 0.1) is 0 Å². The third-order valence-corrected chi connectivity index (χ3v) is 4.97. The number of nitrogens with one attached hydrogen (secondary N) is 2. The molecule has 162 valence electrons. The van der Waals surface area contributed by atoms with Gasteiger partial charge in [-0.1, -0.05) is 18.2 Å². The molecule has 7 nitrogen and oxygen atoms in total. The van der Waals surface area contributed by atoms with Gasteiger partial charge in [-0.2, -0.15) is 0 Å². The van der Waals surface area contributed by atoms with Crippen molar-refractivity contribution < 1.29 is 18.6 Å². The van der Waals surface area contributed by atoms with E-state index in [1.54, 1.807) is 13.4 Å². The smallest absolute Gasteiger partial charge is 0.231 e. The molecule has 0 fully saturated rings. The fraction of sp³-hybridized carbons (Fsp3) is 0.292. The fourth-order valence-corrected chi connectivity index (χ4v) is 3.26. The van der Waals surface area contributed by atoms with E-state index in [0.717, 1.165) is 60.5 Å². The van der Waals surface area contributed by atoms with Crippen molar-refractivity contribution in [3.05, 3.63) is 77.7 Å². The highest BCUT2D eigenvalue weighted by molar-refractivity contribution is 5.79. The molecule has 1 aliphatic heterocycles. The molecular formula is C24H27N3O4. The zero-order chi connectivity index (χ0) is 21.3. The number of guanidine groups is 1. The standard InChI is InChI=1S/C24H27N3O4/c1-28-20-7-4-19(5-8-20)16-27-24(26-13-11-21-3-2-14-29-21)25-12-10-18-6-9-22-23(15-18)31-17-30-22/h2-9,14-15H,10-13,16-17H2,1H3,(H2,25,26,27). The van der Waals surface area contributed by atoms with Crippen molar-refractivity contribution in [3.63, 3.8) is 0 Å². The number of ether oxygens (including phenoxy) is 3. The molecule has 1 aliphatic rings. The molecule has 1 aromatic heterocycles. The van der Waals surface area contributed by atoms with Gasteiger partial charge in [0.1, 0.15) is 11.5 Å². The Morgan fingerprint density at radius 2 is 1.71 bits per heavy atom. The molecule has 0 bridgehead atoms. The van der Waals surface area contributed by atoms with Gasteiger partial charge >= 0.3 is 0 Å². The molecule has 7 heteroatoms. The van der Waals surface area contributed by atoms with E-state index in [0.29, 0.717) is 13.3 Å². The molecule has 0 aliphatic carbocycles. The molecule has 0 amide bonds.